The molecule has 0 bridgehead atoms. The minimum Gasteiger partial charge on any atom is -0.346 e. The summed E-state index contributed by atoms with van der Waals surface area (Å²) in [6.07, 6.45) is 0. The third kappa shape index (κ3) is 2.58. The van der Waals surface area contributed by atoms with Crippen molar-refractivity contribution in [1.82, 2.24) is 10.3 Å². The fourth-order valence-corrected chi connectivity index (χ4v) is 1.85. The molecular formula is C11H10N2O2S. The number of aromatic nitrogens is 1. The number of aromatic amines is 1. The van der Waals surface area contributed by atoms with Gasteiger partial charge in [0.15, 0.2) is 0 Å². The third-order valence-corrected chi connectivity index (χ3v) is 2.76. The summed E-state index contributed by atoms with van der Waals surface area (Å²) in [4.78, 5) is 25.0. The average molecular weight is 234 g/mol. The van der Waals surface area contributed by atoms with Gasteiger partial charge in [0.1, 0.15) is 0 Å². The van der Waals surface area contributed by atoms with Gasteiger partial charge in [0, 0.05) is 16.6 Å². The van der Waals surface area contributed by atoms with Crippen molar-refractivity contribution >= 4 is 17.2 Å². The zero-order valence-corrected chi connectivity index (χ0v) is 9.21. The van der Waals surface area contributed by atoms with Crippen LogP contribution in [0.2, 0.25) is 0 Å². The van der Waals surface area contributed by atoms with E-state index in [1.54, 1.807) is 29.6 Å². The molecule has 0 aliphatic rings. The lowest BCUT2D eigenvalue weighted by molar-refractivity contribution is 0.0950. The highest BCUT2D eigenvalue weighted by Crippen LogP contribution is 1.99. The van der Waals surface area contributed by atoms with E-state index >= 15 is 0 Å². The zero-order chi connectivity index (χ0) is 11.4. The van der Waals surface area contributed by atoms with Crippen molar-refractivity contribution < 1.29 is 4.79 Å². The van der Waals surface area contributed by atoms with Gasteiger partial charge in [-0.2, -0.15) is 0 Å². The standard InChI is InChI=1S/C11H10N2O2S/c14-10(8-4-2-1-3-5-8)12-6-9-7-16-11(15)13-9/h1-5,7H,6H2,(H,12,14)(H,13,15). The molecule has 0 atom stereocenters. The van der Waals surface area contributed by atoms with Gasteiger partial charge in [-0.1, -0.05) is 29.5 Å². The van der Waals surface area contributed by atoms with Crippen LogP contribution in [0.25, 0.3) is 0 Å². The number of hydrogen-bond acceptors (Lipinski definition) is 3. The summed E-state index contributed by atoms with van der Waals surface area (Å²) < 4.78 is 0. The van der Waals surface area contributed by atoms with Crippen LogP contribution in [0.5, 0.6) is 0 Å². The van der Waals surface area contributed by atoms with Crippen LogP contribution >= 0.6 is 11.3 Å². The van der Waals surface area contributed by atoms with Crippen molar-refractivity contribution in [2.75, 3.05) is 0 Å². The Morgan fingerprint density at radius 3 is 2.69 bits per heavy atom. The second kappa shape index (κ2) is 4.76. The van der Waals surface area contributed by atoms with E-state index in [0.717, 1.165) is 17.0 Å². The van der Waals surface area contributed by atoms with Gasteiger partial charge in [0.25, 0.3) is 5.91 Å². The van der Waals surface area contributed by atoms with E-state index in [-0.39, 0.29) is 10.8 Å². The predicted molar refractivity (Wildman–Crippen MR) is 62.6 cm³/mol. The van der Waals surface area contributed by atoms with E-state index in [4.69, 9.17) is 0 Å². The van der Waals surface area contributed by atoms with E-state index in [9.17, 15) is 9.59 Å². The Hall–Kier alpha value is -1.88. The molecule has 2 aromatic rings. The molecular weight excluding hydrogens is 224 g/mol. The molecule has 0 radical (unpaired) electrons. The highest BCUT2D eigenvalue weighted by molar-refractivity contribution is 7.07. The Morgan fingerprint density at radius 2 is 2.06 bits per heavy atom. The van der Waals surface area contributed by atoms with Crippen LogP contribution in [0.3, 0.4) is 0 Å². The Morgan fingerprint density at radius 1 is 1.31 bits per heavy atom. The zero-order valence-electron chi connectivity index (χ0n) is 8.40. The van der Waals surface area contributed by atoms with Crippen LogP contribution in [0.4, 0.5) is 0 Å². The normalized spacial score (nSPS) is 10.0. The number of carbonyl (C=O) groups is 1. The summed E-state index contributed by atoms with van der Waals surface area (Å²) in [7, 11) is 0. The quantitative estimate of drug-likeness (QED) is 0.842. The number of rotatable bonds is 3. The Balaban J connectivity index is 1.96. The lowest BCUT2D eigenvalue weighted by Crippen LogP contribution is -2.23. The van der Waals surface area contributed by atoms with E-state index in [1.807, 2.05) is 6.07 Å². The molecule has 0 fully saturated rings. The van der Waals surface area contributed by atoms with Crippen molar-refractivity contribution in [3.05, 3.63) is 56.6 Å². The van der Waals surface area contributed by atoms with E-state index < -0.39 is 0 Å². The van der Waals surface area contributed by atoms with Gasteiger partial charge in [-0.15, -0.1) is 0 Å². The molecule has 1 aromatic carbocycles. The molecule has 2 rings (SSSR count). The molecule has 0 unspecified atom stereocenters. The molecule has 82 valence electrons. The summed E-state index contributed by atoms with van der Waals surface area (Å²) in [5.41, 5.74) is 1.33. The topological polar surface area (TPSA) is 62.0 Å². The van der Waals surface area contributed by atoms with Crippen LogP contribution in [-0.4, -0.2) is 10.9 Å². The van der Waals surface area contributed by atoms with Gasteiger partial charge < -0.3 is 10.3 Å². The van der Waals surface area contributed by atoms with Crippen LogP contribution in [0.15, 0.2) is 40.5 Å². The number of benzene rings is 1. The van der Waals surface area contributed by atoms with E-state index in [2.05, 4.69) is 10.3 Å². The molecule has 0 saturated carbocycles. The lowest BCUT2D eigenvalue weighted by atomic mass is 10.2. The number of nitrogens with one attached hydrogen (secondary N) is 2. The van der Waals surface area contributed by atoms with Gasteiger partial charge in [-0.3, -0.25) is 9.59 Å². The lowest BCUT2D eigenvalue weighted by Gasteiger charge is -2.02. The molecule has 1 heterocycles. The molecule has 5 heteroatoms. The largest absolute Gasteiger partial charge is 0.346 e. The third-order valence-electron chi connectivity index (χ3n) is 2.05. The van der Waals surface area contributed by atoms with Crippen LogP contribution in [-0.2, 0) is 6.54 Å². The molecule has 2 N–H and O–H groups in total. The average Bonchev–Trinajstić information content (AvgIpc) is 2.73. The molecule has 16 heavy (non-hydrogen) atoms. The molecule has 4 nitrogen and oxygen atoms in total. The van der Waals surface area contributed by atoms with Crippen molar-refractivity contribution in [3.63, 3.8) is 0 Å². The summed E-state index contributed by atoms with van der Waals surface area (Å²) in [6, 6.07) is 8.95. The summed E-state index contributed by atoms with van der Waals surface area (Å²) in [5, 5.41) is 4.43. The Labute approximate surface area is 96.0 Å². The first-order chi connectivity index (χ1) is 7.75. The number of H-pyrrole nitrogens is 1. The number of thiazole rings is 1. The molecule has 0 aliphatic carbocycles. The van der Waals surface area contributed by atoms with Crippen LogP contribution < -0.4 is 10.2 Å². The first-order valence-electron chi connectivity index (χ1n) is 4.75. The molecule has 1 aromatic heterocycles. The smallest absolute Gasteiger partial charge is 0.304 e. The van der Waals surface area contributed by atoms with Gasteiger partial charge >= 0.3 is 4.87 Å². The van der Waals surface area contributed by atoms with Crippen LogP contribution in [0.1, 0.15) is 16.1 Å². The number of carbonyl (C=O) groups excluding carboxylic acids is 1. The van der Waals surface area contributed by atoms with Gasteiger partial charge in [-0.05, 0) is 12.1 Å². The van der Waals surface area contributed by atoms with E-state index in [1.165, 1.54) is 0 Å². The summed E-state index contributed by atoms with van der Waals surface area (Å²) in [6.45, 7) is 0.340. The second-order valence-corrected chi connectivity index (χ2v) is 4.06. The number of amides is 1. The van der Waals surface area contributed by atoms with Crippen LogP contribution in [0, 0.1) is 0 Å². The van der Waals surface area contributed by atoms with Gasteiger partial charge in [-0.25, -0.2) is 0 Å². The summed E-state index contributed by atoms with van der Waals surface area (Å²) in [5.74, 6) is -0.146. The minimum absolute atomic E-state index is 0.107. The minimum atomic E-state index is -0.146. The molecule has 0 aliphatic heterocycles. The second-order valence-electron chi connectivity index (χ2n) is 3.22. The van der Waals surface area contributed by atoms with Gasteiger partial charge in [0.2, 0.25) is 0 Å². The van der Waals surface area contributed by atoms with Crippen molar-refractivity contribution in [2.45, 2.75) is 6.54 Å². The summed E-state index contributed by atoms with van der Waals surface area (Å²) >= 11 is 1.09. The van der Waals surface area contributed by atoms with Crippen molar-refractivity contribution in [1.29, 1.82) is 0 Å². The fourth-order valence-electron chi connectivity index (χ4n) is 1.27. The monoisotopic (exact) mass is 234 g/mol. The van der Waals surface area contributed by atoms with Crippen molar-refractivity contribution in [2.24, 2.45) is 0 Å². The maximum absolute atomic E-state index is 11.6. The molecule has 0 saturated heterocycles. The highest BCUT2D eigenvalue weighted by Gasteiger charge is 2.04. The molecule has 1 amide bonds. The first-order valence-corrected chi connectivity index (χ1v) is 5.63. The first kappa shape index (κ1) is 10.6. The fraction of sp³-hybridized carbons (Fsp3) is 0.0909. The highest BCUT2D eigenvalue weighted by atomic mass is 32.1. The molecule has 0 spiro atoms. The van der Waals surface area contributed by atoms with E-state index in [0.29, 0.717) is 12.1 Å². The maximum Gasteiger partial charge on any atom is 0.304 e. The Kier molecular flexibility index (Phi) is 3.16. The van der Waals surface area contributed by atoms with Crippen molar-refractivity contribution in [3.8, 4) is 0 Å². The maximum atomic E-state index is 11.6. The SMILES string of the molecule is O=C(NCc1csc(=O)[nH]1)c1ccccc1. The Bertz CT molecular complexity index is 530. The van der Waals surface area contributed by atoms with Gasteiger partial charge in [0.05, 0.1) is 6.54 Å². The predicted octanol–water partition coefficient (Wildman–Crippen LogP) is 1.37. The number of hydrogen-bond donors (Lipinski definition) is 2.